The normalized spacial score (nSPS) is 9.80. The zero-order chi connectivity index (χ0) is 7.72. The van der Waals surface area contributed by atoms with Crippen LogP contribution in [-0.4, -0.2) is 10.2 Å². The number of phenolic OH excluding ortho intramolecular Hbond substituents is 2. The summed E-state index contributed by atoms with van der Waals surface area (Å²) < 4.78 is 12.6. The number of phenols is 2. The molecule has 4 heteroatoms. The average Bonchev–Trinajstić information content (AvgIpc) is 1.93. The fourth-order valence-corrected chi connectivity index (χ4v) is 0.850. The topological polar surface area (TPSA) is 40.5 Å². The highest BCUT2D eigenvalue weighted by atomic mass is 79.9. The van der Waals surface area contributed by atoms with Gasteiger partial charge >= 0.3 is 0 Å². The molecule has 0 bridgehead atoms. The van der Waals surface area contributed by atoms with Crippen molar-refractivity contribution < 1.29 is 14.6 Å². The van der Waals surface area contributed by atoms with Gasteiger partial charge in [0.25, 0.3) is 0 Å². The molecule has 0 unspecified atom stereocenters. The van der Waals surface area contributed by atoms with E-state index in [1.807, 2.05) is 0 Å². The molecule has 1 aromatic carbocycles. The van der Waals surface area contributed by atoms with E-state index in [9.17, 15) is 4.39 Å². The number of benzene rings is 1. The van der Waals surface area contributed by atoms with Crippen molar-refractivity contribution in [3.8, 4) is 11.5 Å². The average molecular weight is 207 g/mol. The Kier molecular flexibility index (Phi) is 1.80. The van der Waals surface area contributed by atoms with E-state index < -0.39 is 17.3 Å². The lowest BCUT2D eigenvalue weighted by molar-refractivity contribution is 0.377. The molecule has 0 spiro atoms. The lowest BCUT2D eigenvalue weighted by Gasteiger charge is -1.99. The van der Waals surface area contributed by atoms with Crippen molar-refractivity contribution in [1.82, 2.24) is 0 Å². The predicted molar refractivity (Wildman–Crippen MR) is 37.4 cm³/mol. The largest absolute Gasteiger partial charge is 0.503 e. The van der Waals surface area contributed by atoms with Crippen molar-refractivity contribution in [2.75, 3.05) is 0 Å². The molecule has 0 amide bonds. The van der Waals surface area contributed by atoms with Gasteiger partial charge in [-0.1, -0.05) is 0 Å². The van der Waals surface area contributed by atoms with Crippen LogP contribution in [0.4, 0.5) is 4.39 Å². The number of halogens is 2. The van der Waals surface area contributed by atoms with Gasteiger partial charge in [0.2, 0.25) is 0 Å². The summed E-state index contributed by atoms with van der Waals surface area (Å²) in [7, 11) is 0. The molecule has 0 radical (unpaired) electrons. The van der Waals surface area contributed by atoms with Gasteiger partial charge in [-0.25, -0.2) is 4.39 Å². The highest BCUT2D eigenvalue weighted by Gasteiger charge is 2.08. The number of aromatic hydroxyl groups is 2. The van der Waals surface area contributed by atoms with E-state index in [1.165, 1.54) is 6.07 Å². The Morgan fingerprint density at radius 1 is 1.20 bits per heavy atom. The quantitative estimate of drug-likeness (QED) is 0.638. The maximum absolute atomic E-state index is 12.3. The number of hydrogen-bond donors (Lipinski definition) is 2. The molecule has 0 atom stereocenters. The van der Waals surface area contributed by atoms with Gasteiger partial charge < -0.3 is 10.2 Å². The van der Waals surface area contributed by atoms with Crippen LogP contribution >= 0.6 is 15.9 Å². The molecular formula is C6H4BrFO2. The summed E-state index contributed by atoms with van der Waals surface area (Å²) in [4.78, 5) is 0. The van der Waals surface area contributed by atoms with Crippen LogP contribution in [0.15, 0.2) is 16.6 Å². The van der Waals surface area contributed by atoms with E-state index in [0.717, 1.165) is 6.07 Å². The van der Waals surface area contributed by atoms with Crippen molar-refractivity contribution in [2.45, 2.75) is 0 Å². The Hall–Kier alpha value is -0.770. The number of rotatable bonds is 0. The minimum Gasteiger partial charge on any atom is -0.503 e. The van der Waals surface area contributed by atoms with E-state index in [1.54, 1.807) is 0 Å². The van der Waals surface area contributed by atoms with Crippen LogP contribution in [-0.2, 0) is 0 Å². The minimum absolute atomic E-state index is 0.270. The first-order chi connectivity index (χ1) is 4.63. The van der Waals surface area contributed by atoms with E-state index in [0.29, 0.717) is 0 Å². The first kappa shape index (κ1) is 7.34. The van der Waals surface area contributed by atoms with Gasteiger partial charge in [0.05, 0.1) is 4.47 Å². The van der Waals surface area contributed by atoms with Gasteiger partial charge in [-0.2, -0.15) is 0 Å². The predicted octanol–water partition coefficient (Wildman–Crippen LogP) is 2.00. The summed E-state index contributed by atoms with van der Waals surface area (Å²) in [5.74, 6) is -2.03. The molecule has 0 aliphatic heterocycles. The van der Waals surface area contributed by atoms with Crippen molar-refractivity contribution in [2.24, 2.45) is 0 Å². The van der Waals surface area contributed by atoms with Crippen molar-refractivity contribution >= 4 is 15.9 Å². The van der Waals surface area contributed by atoms with Crippen molar-refractivity contribution in [3.63, 3.8) is 0 Å². The molecule has 0 aliphatic carbocycles. The molecule has 1 rings (SSSR count). The molecular weight excluding hydrogens is 203 g/mol. The molecule has 2 nitrogen and oxygen atoms in total. The minimum atomic E-state index is -0.833. The molecule has 0 heterocycles. The van der Waals surface area contributed by atoms with Crippen LogP contribution in [0, 0.1) is 5.82 Å². The molecule has 2 N–H and O–H groups in total. The molecule has 0 aliphatic rings. The molecule has 10 heavy (non-hydrogen) atoms. The smallest absolute Gasteiger partial charge is 0.195 e. The summed E-state index contributed by atoms with van der Waals surface area (Å²) in [6, 6.07) is 2.36. The first-order valence-electron chi connectivity index (χ1n) is 2.49. The second-order valence-electron chi connectivity index (χ2n) is 1.73. The van der Waals surface area contributed by atoms with E-state index in [2.05, 4.69) is 15.9 Å². The van der Waals surface area contributed by atoms with Crippen LogP contribution in [0.25, 0.3) is 0 Å². The SMILES string of the molecule is Oc1c(F)ccc(Br)c1O. The van der Waals surface area contributed by atoms with E-state index in [4.69, 9.17) is 10.2 Å². The van der Waals surface area contributed by atoms with Crippen LogP contribution in [0.1, 0.15) is 0 Å². The molecule has 0 fully saturated rings. The summed E-state index contributed by atoms with van der Waals surface area (Å²) in [6.07, 6.45) is 0. The second-order valence-corrected chi connectivity index (χ2v) is 2.58. The summed E-state index contributed by atoms with van der Waals surface area (Å²) in [6.45, 7) is 0. The summed E-state index contributed by atoms with van der Waals surface area (Å²) >= 11 is 2.90. The summed E-state index contributed by atoms with van der Waals surface area (Å²) in [5.41, 5.74) is 0. The Morgan fingerprint density at radius 3 is 2.30 bits per heavy atom. The third kappa shape index (κ3) is 1.07. The molecule has 0 saturated carbocycles. The Morgan fingerprint density at radius 2 is 1.80 bits per heavy atom. The maximum Gasteiger partial charge on any atom is 0.195 e. The monoisotopic (exact) mass is 206 g/mol. The van der Waals surface area contributed by atoms with Crippen LogP contribution < -0.4 is 0 Å². The van der Waals surface area contributed by atoms with Gasteiger partial charge in [0.1, 0.15) is 0 Å². The Labute approximate surface area is 65.1 Å². The van der Waals surface area contributed by atoms with Gasteiger partial charge in [-0.3, -0.25) is 0 Å². The van der Waals surface area contributed by atoms with Gasteiger partial charge in [0.15, 0.2) is 17.3 Å². The highest BCUT2D eigenvalue weighted by molar-refractivity contribution is 9.10. The standard InChI is InChI=1S/C6H4BrFO2/c7-3-1-2-4(8)6(10)5(3)9/h1-2,9-10H. The third-order valence-corrected chi connectivity index (χ3v) is 1.69. The lowest BCUT2D eigenvalue weighted by Crippen LogP contribution is -1.76. The zero-order valence-electron chi connectivity index (χ0n) is 4.81. The van der Waals surface area contributed by atoms with Gasteiger partial charge in [-0.15, -0.1) is 0 Å². The van der Waals surface area contributed by atoms with Crippen LogP contribution in [0.5, 0.6) is 11.5 Å². The molecule has 0 aromatic heterocycles. The maximum atomic E-state index is 12.3. The summed E-state index contributed by atoms with van der Waals surface area (Å²) in [5, 5.41) is 17.6. The van der Waals surface area contributed by atoms with Crippen LogP contribution in [0.2, 0.25) is 0 Å². The molecule has 0 saturated heterocycles. The lowest BCUT2D eigenvalue weighted by atomic mass is 10.3. The molecule has 54 valence electrons. The Balaban J connectivity index is 3.34. The fourth-order valence-electron chi connectivity index (χ4n) is 0.530. The van der Waals surface area contributed by atoms with Crippen LogP contribution in [0.3, 0.4) is 0 Å². The molecule has 1 aromatic rings. The van der Waals surface area contributed by atoms with Gasteiger partial charge in [-0.05, 0) is 28.1 Å². The third-order valence-electron chi connectivity index (χ3n) is 1.05. The van der Waals surface area contributed by atoms with E-state index in [-0.39, 0.29) is 4.47 Å². The van der Waals surface area contributed by atoms with Crippen molar-refractivity contribution in [3.05, 3.63) is 22.4 Å². The fraction of sp³-hybridized carbons (Fsp3) is 0. The van der Waals surface area contributed by atoms with Crippen molar-refractivity contribution in [1.29, 1.82) is 0 Å². The first-order valence-corrected chi connectivity index (χ1v) is 3.28. The zero-order valence-corrected chi connectivity index (χ0v) is 6.39. The second kappa shape index (κ2) is 2.46. The van der Waals surface area contributed by atoms with E-state index >= 15 is 0 Å². The van der Waals surface area contributed by atoms with Gasteiger partial charge in [0, 0.05) is 0 Å². The number of hydrogen-bond acceptors (Lipinski definition) is 2. The highest BCUT2D eigenvalue weighted by Crippen LogP contribution is 2.34. The Bertz CT molecular complexity index is 235.